The fourth-order valence-corrected chi connectivity index (χ4v) is 2.63. The number of fused-ring (bicyclic) bond motifs is 1. The number of carbonyl (C=O) groups is 2. The van der Waals surface area contributed by atoms with Gasteiger partial charge in [-0.05, 0) is 36.4 Å². The lowest BCUT2D eigenvalue weighted by atomic mass is 10.1. The minimum Gasteiger partial charge on any atom is -0.268 e. The van der Waals surface area contributed by atoms with Crippen LogP contribution in [0.3, 0.4) is 0 Å². The molecule has 2 aromatic rings. The summed E-state index contributed by atoms with van der Waals surface area (Å²) >= 11 is 3.20. The molecule has 3 rings (SSSR count). The van der Waals surface area contributed by atoms with Crippen LogP contribution in [0.2, 0.25) is 0 Å². The summed E-state index contributed by atoms with van der Waals surface area (Å²) in [5, 5.41) is 0. The topological polar surface area (TPSA) is 37.4 Å². The van der Waals surface area contributed by atoms with Gasteiger partial charge in [0, 0.05) is 4.47 Å². The van der Waals surface area contributed by atoms with Gasteiger partial charge in [0.05, 0.1) is 22.4 Å². The molecule has 2 aromatic carbocycles. The van der Waals surface area contributed by atoms with Crippen molar-refractivity contribution in [3.63, 3.8) is 0 Å². The summed E-state index contributed by atoms with van der Waals surface area (Å²) in [5.41, 5.74) is -0.678. The third-order valence-electron chi connectivity index (χ3n) is 3.28. The van der Waals surface area contributed by atoms with Gasteiger partial charge in [0.1, 0.15) is 0 Å². The van der Waals surface area contributed by atoms with Gasteiger partial charge in [0.25, 0.3) is 11.8 Å². The first-order valence-electron chi connectivity index (χ1n) is 6.14. The molecule has 1 heterocycles. The number of halogens is 4. The molecule has 0 spiro atoms. The van der Waals surface area contributed by atoms with Gasteiger partial charge in [-0.15, -0.1) is 0 Å². The van der Waals surface area contributed by atoms with Gasteiger partial charge in [-0.3, -0.25) is 9.59 Å². The average Bonchev–Trinajstić information content (AvgIpc) is 2.69. The number of imide groups is 1. The second-order valence-electron chi connectivity index (χ2n) is 4.68. The molecule has 0 N–H and O–H groups in total. The summed E-state index contributed by atoms with van der Waals surface area (Å²) in [6, 6.07) is 8.68. The van der Waals surface area contributed by atoms with Crippen LogP contribution in [-0.4, -0.2) is 11.8 Å². The molecule has 0 fully saturated rings. The molecular weight excluding hydrogens is 363 g/mol. The molecule has 112 valence electrons. The number of anilines is 1. The number of hydrogen-bond donors (Lipinski definition) is 0. The van der Waals surface area contributed by atoms with Crippen LogP contribution in [0.25, 0.3) is 0 Å². The average molecular weight is 370 g/mol. The van der Waals surface area contributed by atoms with Crippen LogP contribution in [0.15, 0.2) is 46.9 Å². The van der Waals surface area contributed by atoms with E-state index in [1.807, 2.05) is 0 Å². The van der Waals surface area contributed by atoms with Crippen molar-refractivity contribution in [2.45, 2.75) is 6.18 Å². The Bertz CT molecular complexity index is 802. The van der Waals surface area contributed by atoms with E-state index >= 15 is 0 Å². The predicted octanol–water partition coefficient (Wildman–Crippen LogP) is 4.27. The molecule has 0 atom stereocenters. The van der Waals surface area contributed by atoms with Gasteiger partial charge in [-0.1, -0.05) is 22.0 Å². The van der Waals surface area contributed by atoms with Crippen molar-refractivity contribution in [2.75, 3.05) is 4.90 Å². The third kappa shape index (κ3) is 2.31. The van der Waals surface area contributed by atoms with E-state index in [0.29, 0.717) is 4.47 Å². The first-order chi connectivity index (χ1) is 10.3. The summed E-state index contributed by atoms with van der Waals surface area (Å²) in [4.78, 5) is 25.4. The minimum absolute atomic E-state index is 0.0999. The van der Waals surface area contributed by atoms with Crippen molar-refractivity contribution in [3.8, 4) is 0 Å². The van der Waals surface area contributed by atoms with Gasteiger partial charge >= 0.3 is 6.18 Å². The van der Waals surface area contributed by atoms with Gasteiger partial charge < -0.3 is 0 Å². The molecule has 0 saturated heterocycles. The summed E-state index contributed by atoms with van der Waals surface area (Å²) in [5.74, 6) is -1.27. The Labute approximate surface area is 131 Å². The zero-order valence-corrected chi connectivity index (χ0v) is 12.4. The SMILES string of the molecule is O=C1c2ccc(Br)cc2C(=O)N1c1cccc(C(F)(F)F)c1. The van der Waals surface area contributed by atoms with E-state index in [9.17, 15) is 22.8 Å². The molecule has 22 heavy (non-hydrogen) atoms. The molecule has 0 bridgehead atoms. The highest BCUT2D eigenvalue weighted by atomic mass is 79.9. The number of carbonyl (C=O) groups excluding carboxylic acids is 2. The monoisotopic (exact) mass is 369 g/mol. The van der Waals surface area contributed by atoms with Gasteiger partial charge in [-0.25, -0.2) is 4.90 Å². The first kappa shape index (κ1) is 14.8. The fraction of sp³-hybridized carbons (Fsp3) is 0.0667. The van der Waals surface area contributed by atoms with E-state index in [1.54, 1.807) is 6.07 Å². The van der Waals surface area contributed by atoms with Crippen LogP contribution in [0, 0.1) is 0 Å². The number of rotatable bonds is 1. The molecule has 7 heteroatoms. The van der Waals surface area contributed by atoms with E-state index in [2.05, 4.69) is 15.9 Å². The molecule has 0 aliphatic carbocycles. The van der Waals surface area contributed by atoms with E-state index < -0.39 is 23.6 Å². The van der Waals surface area contributed by atoms with Crippen LogP contribution in [0.5, 0.6) is 0 Å². The number of alkyl halides is 3. The smallest absolute Gasteiger partial charge is 0.268 e. The molecule has 1 aliphatic heterocycles. The van der Waals surface area contributed by atoms with E-state index in [-0.39, 0.29) is 16.8 Å². The molecule has 0 unspecified atom stereocenters. The number of benzene rings is 2. The predicted molar refractivity (Wildman–Crippen MR) is 76.7 cm³/mol. The number of nitrogens with zero attached hydrogens (tertiary/aromatic N) is 1. The van der Waals surface area contributed by atoms with Crippen molar-refractivity contribution in [1.82, 2.24) is 0 Å². The molecule has 2 amide bonds. The minimum atomic E-state index is -4.54. The Morgan fingerprint density at radius 1 is 0.909 bits per heavy atom. The highest BCUT2D eigenvalue weighted by Crippen LogP contribution is 2.34. The second kappa shape index (κ2) is 4.95. The lowest BCUT2D eigenvalue weighted by Gasteiger charge is -2.15. The normalized spacial score (nSPS) is 14.5. The lowest BCUT2D eigenvalue weighted by Crippen LogP contribution is -2.29. The maximum absolute atomic E-state index is 12.8. The highest BCUT2D eigenvalue weighted by molar-refractivity contribution is 9.10. The fourth-order valence-electron chi connectivity index (χ4n) is 2.27. The highest BCUT2D eigenvalue weighted by Gasteiger charge is 2.38. The van der Waals surface area contributed by atoms with Crippen LogP contribution < -0.4 is 4.90 Å². The Hall–Kier alpha value is -2.15. The van der Waals surface area contributed by atoms with E-state index in [4.69, 9.17) is 0 Å². The number of hydrogen-bond acceptors (Lipinski definition) is 2. The summed E-state index contributed by atoms with van der Waals surface area (Å²) < 4.78 is 38.9. The molecule has 0 aromatic heterocycles. The van der Waals surface area contributed by atoms with Crippen LogP contribution in [0.4, 0.5) is 18.9 Å². The summed E-state index contributed by atoms with van der Waals surface area (Å²) in [6.45, 7) is 0. The number of amides is 2. The van der Waals surface area contributed by atoms with Crippen molar-refractivity contribution in [3.05, 3.63) is 63.6 Å². The van der Waals surface area contributed by atoms with Crippen molar-refractivity contribution < 1.29 is 22.8 Å². The Morgan fingerprint density at radius 3 is 2.27 bits per heavy atom. The zero-order chi connectivity index (χ0) is 16.1. The lowest BCUT2D eigenvalue weighted by molar-refractivity contribution is -0.137. The van der Waals surface area contributed by atoms with Crippen molar-refractivity contribution in [2.24, 2.45) is 0 Å². The maximum Gasteiger partial charge on any atom is 0.416 e. The Kier molecular flexibility index (Phi) is 3.32. The maximum atomic E-state index is 12.8. The molecule has 0 radical (unpaired) electrons. The standard InChI is InChI=1S/C15H7BrF3NO2/c16-9-4-5-11-12(7-9)14(22)20(13(11)21)10-3-1-2-8(6-10)15(17,18)19/h1-7H. The van der Waals surface area contributed by atoms with Gasteiger partial charge in [-0.2, -0.15) is 13.2 Å². The van der Waals surface area contributed by atoms with E-state index in [1.165, 1.54) is 18.2 Å². The summed E-state index contributed by atoms with van der Waals surface area (Å²) in [6.07, 6.45) is -4.54. The quantitative estimate of drug-likeness (QED) is 0.704. The van der Waals surface area contributed by atoms with Gasteiger partial charge in [0.15, 0.2) is 0 Å². The second-order valence-corrected chi connectivity index (χ2v) is 5.60. The summed E-state index contributed by atoms with van der Waals surface area (Å²) in [7, 11) is 0. The van der Waals surface area contributed by atoms with Gasteiger partial charge in [0.2, 0.25) is 0 Å². The molecule has 3 nitrogen and oxygen atoms in total. The van der Waals surface area contributed by atoms with Crippen LogP contribution >= 0.6 is 15.9 Å². The Balaban J connectivity index is 2.08. The van der Waals surface area contributed by atoms with Crippen LogP contribution in [0.1, 0.15) is 26.3 Å². The van der Waals surface area contributed by atoms with E-state index in [0.717, 1.165) is 23.1 Å². The Morgan fingerprint density at radius 2 is 1.59 bits per heavy atom. The largest absolute Gasteiger partial charge is 0.416 e. The van der Waals surface area contributed by atoms with Crippen molar-refractivity contribution >= 4 is 33.4 Å². The van der Waals surface area contributed by atoms with Crippen LogP contribution in [-0.2, 0) is 6.18 Å². The first-order valence-corrected chi connectivity index (χ1v) is 6.94. The molecule has 0 saturated carbocycles. The zero-order valence-electron chi connectivity index (χ0n) is 10.8. The molecule has 1 aliphatic rings. The molecular formula is C15H7BrF3NO2. The third-order valence-corrected chi connectivity index (χ3v) is 3.77. The van der Waals surface area contributed by atoms with Crippen molar-refractivity contribution in [1.29, 1.82) is 0 Å².